The maximum Gasteiger partial charge on any atom is 0.242 e. The summed E-state index contributed by atoms with van der Waals surface area (Å²) in [6.45, 7) is 5.73. The van der Waals surface area contributed by atoms with Crippen LogP contribution in [-0.2, 0) is 27.4 Å². The number of unbranched alkanes of at least 4 members (excludes halogenated alkanes) is 6. The third kappa shape index (κ3) is 9.43. The van der Waals surface area contributed by atoms with Crippen molar-refractivity contribution in [3.05, 3.63) is 47.4 Å². The number of ether oxygens (including phenoxy) is 3. The van der Waals surface area contributed by atoms with Crippen molar-refractivity contribution in [3.8, 4) is 11.5 Å². The van der Waals surface area contributed by atoms with Gasteiger partial charge in [-0.3, -0.25) is 9.59 Å². The average Bonchev–Trinajstić information content (AvgIpc) is 3.53. The molecule has 0 bridgehead atoms. The largest absolute Gasteiger partial charge is 0.464 e. The second-order valence-electron chi connectivity index (χ2n) is 9.63. The molecule has 1 aromatic carbocycles. The van der Waals surface area contributed by atoms with E-state index in [1.165, 1.54) is 25.7 Å². The van der Waals surface area contributed by atoms with Crippen molar-refractivity contribution >= 4 is 11.8 Å². The van der Waals surface area contributed by atoms with Crippen molar-refractivity contribution in [2.24, 2.45) is 0 Å². The van der Waals surface area contributed by atoms with E-state index in [0.717, 1.165) is 30.6 Å². The quantitative estimate of drug-likeness (QED) is 0.261. The van der Waals surface area contributed by atoms with E-state index in [2.05, 4.69) is 6.92 Å². The Kier molecular flexibility index (Phi) is 11.8. The molecule has 2 aromatic rings. The number of methoxy groups -OCH3 is 1. The summed E-state index contributed by atoms with van der Waals surface area (Å²) < 4.78 is 21.9. The van der Waals surface area contributed by atoms with Gasteiger partial charge in [0.2, 0.25) is 18.6 Å². The molecule has 0 saturated carbocycles. The number of fused-ring (bicyclic) bond motifs is 1. The summed E-state index contributed by atoms with van der Waals surface area (Å²) in [5, 5.41) is 0. The molecule has 2 amide bonds. The van der Waals surface area contributed by atoms with Crippen LogP contribution < -0.4 is 9.47 Å². The Labute approximate surface area is 220 Å². The monoisotopic (exact) mass is 514 g/mol. The first-order valence-corrected chi connectivity index (χ1v) is 13.5. The van der Waals surface area contributed by atoms with Gasteiger partial charge in [0.05, 0.1) is 19.7 Å². The number of amides is 2. The van der Waals surface area contributed by atoms with Crippen LogP contribution in [0.1, 0.15) is 75.4 Å². The van der Waals surface area contributed by atoms with Gasteiger partial charge in [-0.25, -0.2) is 0 Å². The highest BCUT2D eigenvalue weighted by atomic mass is 16.7. The highest BCUT2D eigenvalue weighted by Crippen LogP contribution is 2.33. The Bertz CT molecular complexity index is 989. The maximum absolute atomic E-state index is 13.5. The van der Waals surface area contributed by atoms with Gasteiger partial charge in [-0.05, 0) is 43.2 Å². The van der Waals surface area contributed by atoms with Crippen LogP contribution in [0.3, 0.4) is 0 Å². The third-order valence-corrected chi connectivity index (χ3v) is 6.54. The molecule has 3 rings (SSSR count). The summed E-state index contributed by atoms with van der Waals surface area (Å²) in [6.07, 6.45) is 8.45. The number of nitrogens with zero attached hydrogens (tertiary/aromatic N) is 2. The van der Waals surface area contributed by atoms with E-state index in [1.807, 2.05) is 37.3 Å². The second-order valence-corrected chi connectivity index (χ2v) is 9.63. The molecule has 37 heavy (non-hydrogen) atoms. The number of aryl methyl sites for hydroxylation is 1. The Balaban J connectivity index is 1.63. The van der Waals surface area contributed by atoms with Crippen LogP contribution in [0.4, 0.5) is 0 Å². The predicted octanol–water partition coefficient (Wildman–Crippen LogP) is 5.46. The Morgan fingerprint density at radius 3 is 2.38 bits per heavy atom. The zero-order valence-corrected chi connectivity index (χ0v) is 22.6. The van der Waals surface area contributed by atoms with Crippen LogP contribution in [0.15, 0.2) is 34.7 Å². The minimum absolute atomic E-state index is 0.00291. The Morgan fingerprint density at radius 1 is 0.892 bits per heavy atom. The smallest absolute Gasteiger partial charge is 0.242 e. The average molecular weight is 515 g/mol. The lowest BCUT2D eigenvalue weighted by molar-refractivity contribution is -0.142. The van der Waals surface area contributed by atoms with Crippen LogP contribution >= 0.6 is 0 Å². The Hall–Kier alpha value is -3.00. The van der Waals surface area contributed by atoms with Gasteiger partial charge < -0.3 is 28.4 Å². The minimum Gasteiger partial charge on any atom is -0.464 e. The summed E-state index contributed by atoms with van der Waals surface area (Å²) in [7, 11) is 1.60. The van der Waals surface area contributed by atoms with Crippen molar-refractivity contribution in [2.45, 2.75) is 78.3 Å². The molecule has 8 nitrogen and oxygen atoms in total. The molecule has 0 aliphatic carbocycles. The highest BCUT2D eigenvalue weighted by molar-refractivity contribution is 5.84. The molecular weight excluding hydrogens is 472 g/mol. The molecule has 0 N–H and O–H groups in total. The third-order valence-electron chi connectivity index (χ3n) is 6.54. The van der Waals surface area contributed by atoms with Gasteiger partial charge in [-0.15, -0.1) is 0 Å². The molecule has 204 valence electrons. The molecule has 2 heterocycles. The minimum atomic E-state index is -0.143. The van der Waals surface area contributed by atoms with Gasteiger partial charge in [0.15, 0.2) is 11.5 Å². The molecule has 0 saturated heterocycles. The lowest BCUT2D eigenvalue weighted by Crippen LogP contribution is -2.43. The van der Waals surface area contributed by atoms with Crippen LogP contribution in [0.5, 0.6) is 11.5 Å². The van der Waals surface area contributed by atoms with Gasteiger partial charge in [-0.1, -0.05) is 51.5 Å². The number of hydrogen-bond acceptors (Lipinski definition) is 6. The summed E-state index contributed by atoms with van der Waals surface area (Å²) in [5.74, 6) is 2.71. The molecule has 8 heteroatoms. The first-order chi connectivity index (χ1) is 18.0. The topological polar surface area (TPSA) is 81.5 Å². The summed E-state index contributed by atoms with van der Waals surface area (Å²) in [4.78, 5) is 29.9. The van der Waals surface area contributed by atoms with E-state index in [-0.39, 0.29) is 25.2 Å². The fraction of sp³-hybridized carbons (Fsp3) is 0.586. The first kappa shape index (κ1) is 28.6. The summed E-state index contributed by atoms with van der Waals surface area (Å²) >= 11 is 0. The number of rotatable bonds is 17. The van der Waals surface area contributed by atoms with Crippen molar-refractivity contribution in [2.75, 3.05) is 33.6 Å². The molecule has 0 spiro atoms. The zero-order chi connectivity index (χ0) is 26.5. The van der Waals surface area contributed by atoms with E-state index in [1.54, 1.807) is 16.9 Å². The van der Waals surface area contributed by atoms with Crippen molar-refractivity contribution in [1.82, 2.24) is 9.80 Å². The molecule has 1 aliphatic heterocycles. The van der Waals surface area contributed by atoms with Crippen molar-refractivity contribution in [1.29, 1.82) is 0 Å². The number of benzene rings is 1. The molecule has 1 aliphatic rings. The van der Waals surface area contributed by atoms with Crippen LogP contribution in [0.2, 0.25) is 0 Å². The number of hydrogen-bond donors (Lipinski definition) is 0. The van der Waals surface area contributed by atoms with E-state index in [4.69, 9.17) is 18.6 Å². The van der Waals surface area contributed by atoms with E-state index in [0.29, 0.717) is 49.9 Å². The van der Waals surface area contributed by atoms with Crippen molar-refractivity contribution < 1.29 is 28.2 Å². The number of carbonyl (C=O) groups is 2. The van der Waals surface area contributed by atoms with Gasteiger partial charge in [0.1, 0.15) is 11.5 Å². The van der Waals surface area contributed by atoms with Crippen molar-refractivity contribution in [3.63, 3.8) is 0 Å². The number of furan rings is 1. The molecule has 0 fully saturated rings. The summed E-state index contributed by atoms with van der Waals surface area (Å²) in [5.41, 5.74) is 0.915. The molecule has 0 radical (unpaired) electrons. The standard InChI is InChI=1S/C29H42N2O6/c1-4-5-6-7-8-9-10-11-28(32)30(16-17-34-3)21-29(33)31(20-25-14-12-23(2)37-25)19-24-13-15-26-27(18-24)36-22-35-26/h12-15,18H,4-11,16-17,19-22H2,1-3H3. The van der Waals surface area contributed by atoms with E-state index in [9.17, 15) is 9.59 Å². The second kappa shape index (κ2) is 15.3. The molecular formula is C29H42N2O6. The first-order valence-electron chi connectivity index (χ1n) is 13.5. The number of carbonyl (C=O) groups excluding carboxylic acids is 2. The predicted molar refractivity (Wildman–Crippen MR) is 141 cm³/mol. The van der Waals surface area contributed by atoms with Gasteiger partial charge >= 0.3 is 0 Å². The zero-order valence-electron chi connectivity index (χ0n) is 22.6. The molecule has 0 unspecified atom stereocenters. The maximum atomic E-state index is 13.5. The fourth-order valence-electron chi connectivity index (χ4n) is 4.40. The van der Waals surface area contributed by atoms with Crippen LogP contribution in [0.25, 0.3) is 0 Å². The van der Waals surface area contributed by atoms with E-state index >= 15 is 0 Å². The van der Waals surface area contributed by atoms with Crippen LogP contribution in [0, 0.1) is 6.92 Å². The SMILES string of the molecule is CCCCCCCCCC(=O)N(CCOC)CC(=O)N(Cc1ccc2c(c1)OCO2)Cc1ccc(C)o1. The lowest BCUT2D eigenvalue weighted by Gasteiger charge is -2.27. The molecule has 0 atom stereocenters. The Morgan fingerprint density at radius 2 is 1.65 bits per heavy atom. The summed E-state index contributed by atoms with van der Waals surface area (Å²) in [6, 6.07) is 9.44. The normalized spacial score (nSPS) is 12.1. The highest BCUT2D eigenvalue weighted by Gasteiger charge is 2.23. The van der Waals surface area contributed by atoms with E-state index < -0.39 is 0 Å². The molecule has 1 aromatic heterocycles. The van der Waals surface area contributed by atoms with Crippen LogP contribution in [-0.4, -0.2) is 55.2 Å². The van der Waals surface area contributed by atoms with Gasteiger partial charge in [0, 0.05) is 26.6 Å². The van der Waals surface area contributed by atoms with Gasteiger partial charge in [-0.2, -0.15) is 0 Å². The lowest BCUT2D eigenvalue weighted by atomic mass is 10.1. The fourth-order valence-corrected chi connectivity index (χ4v) is 4.40. The van der Waals surface area contributed by atoms with Gasteiger partial charge in [0.25, 0.3) is 0 Å².